The molecule has 1 heterocycles. The Morgan fingerprint density at radius 2 is 2.11 bits per heavy atom. The van der Waals surface area contributed by atoms with E-state index in [1.807, 2.05) is 0 Å². The Morgan fingerprint density at radius 3 is 2.67 bits per heavy atom. The van der Waals surface area contributed by atoms with Gasteiger partial charge in [0.15, 0.2) is 6.61 Å². The first-order chi connectivity index (χ1) is 8.15. The van der Waals surface area contributed by atoms with Gasteiger partial charge in [-0.25, -0.2) is 0 Å². The molecule has 4 nitrogen and oxygen atoms in total. The van der Waals surface area contributed by atoms with Crippen molar-refractivity contribution in [2.24, 2.45) is 5.73 Å². The highest BCUT2D eigenvalue weighted by Crippen LogP contribution is 2.16. The van der Waals surface area contributed by atoms with Crippen molar-refractivity contribution < 1.29 is 9.53 Å². The summed E-state index contributed by atoms with van der Waals surface area (Å²) in [6, 6.07) is 7.05. The molecule has 1 fully saturated rings. The lowest BCUT2D eigenvalue weighted by atomic mass is 10.3. The van der Waals surface area contributed by atoms with E-state index in [1.165, 1.54) is 0 Å². The molecule has 0 bridgehead atoms. The van der Waals surface area contributed by atoms with E-state index in [0.717, 1.165) is 13.0 Å². The van der Waals surface area contributed by atoms with Gasteiger partial charge < -0.3 is 15.4 Å². The maximum atomic E-state index is 11.8. The van der Waals surface area contributed by atoms with Crippen LogP contribution in [0.15, 0.2) is 24.3 Å². The molecule has 0 aliphatic carbocycles. The molecule has 0 saturated carbocycles. The van der Waals surface area contributed by atoms with E-state index in [0.29, 0.717) is 17.3 Å². The summed E-state index contributed by atoms with van der Waals surface area (Å²) in [5.41, 5.74) is 5.74. The molecule has 1 aliphatic heterocycles. The Balaban J connectivity index is 0.00000162. The van der Waals surface area contributed by atoms with Crippen LogP contribution in [0.1, 0.15) is 6.42 Å². The first-order valence-electron chi connectivity index (χ1n) is 5.57. The fourth-order valence-electron chi connectivity index (χ4n) is 1.78. The summed E-state index contributed by atoms with van der Waals surface area (Å²) >= 11 is 5.75. The van der Waals surface area contributed by atoms with Gasteiger partial charge in [-0.05, 0) is 30.7 Å². The minimum Gasteiger partial charge on any atom is -0.484 e. The second-order valence-electron chi connectivity index (χ2n) is 4.13. The third kappa shape index (κ3) is 4.05. The van der Waals surface area contributed by atoms with E-state index in [1.54, 1.807) is 29.2 Å². The summed E-state index contributed by atoms with van der Waals surface area (Å²) < 4.78 is 5.38. The molecule has 0 aromatic heterocycles. The highest BCUT2D eigenvalue weighted by molar-refractivity contribution is 6.30. The number of nitrogens with zero attached hydrogens (tertiary/aromatic N) is 1. The van der Waals surface area contributed by atoms with E-state index in [-0.39, 0.29) is 31.0 Å². The molecule has 2 rings (SSSR count). The normalized spacial score (nSPS) is 18.3. The van der Waals surface area contributed by atoms with Crippen LogP contribution in [0.3, 0.4) is 0 Å². The number of nitrogens with two attached hydrogens (primary N) is 1. The Hall–Kier alpha value is -0.970. The molecule has 18 heavy (non-hydrogen) atoms. The maximum Gasteiger partial charge on any atom is 0.260 e. The molecule has 0 radical (unpaired) electrons. The molecule has 1 atom stereocenters. The van der Waals surface area contributed by atoms with Crippen LogP contribution >= 0.6 is 24.0 Å². The Bertz CT molecular complexity index is 398. The molecule has 1 aromatic rings. The lowest BCUT2D eigenvalue weighted by molar-refractivity contribution is -0.132. The predicted octanol–water partition coefficient (Wildman–Crippen LogP) is 1.70. The van der Waals surface area contributed by atoms with Gasteiger partial charge in [0.25, 0.3) is 5.91 Å². The van der Waals surface area contributed by atoms with E-state index in [4.69, 9.17) is 22.1 Å². The molecule has 1 aliphatic rings. The minimum absolute atomic E-state index is 0. The molecule has 0 spiro atoms. The smallest absolute Gasteiger partial charge is 0.260 e. The average Bonchev–Trinajstić information content (AvgIpc) is 2.75. The van der Waals surface area contributed by atoms with Crippen LogP contribution in [-0.2, 0) is 4.79 Å². The van der Waals surface area contributed by atoms with E-state index >= 15 is 0 Å². The van der Waals surface area contributed by atoms with Gasteiger partial charge in [0.05, 0.1) is 0 Å². The maximum absolute atomic E-state index is 11.8. The highest BCUT2D eigenvalue weighted by Gasteiger charge is 2.23. The Morgan fingerprint density at radius 1 is 1.44 bits per heavy atom. The largest absolute Gasteiger partial charge is 0.484 e. The Labute approximate surface area is 117 Å². The molecule has 6 heteroatoms. The van der Waals surface area contributed by atoms with Crippen molar-refractivity contribution in [3.8, 4) is 5.75 Å². The SMILES string of the molecule is Cl.NC1CCN(C(=O)COc2ccc(Cl)cc2)C1. The quantitative estimate of drug-likeness (QED) is 0.922. The van der Waals surface area contributed by atoms with Crippen molar-refractivity contribution in [3.63, 3.8) is 0 Å². The van der Waals surface area contributed by atoms with Gasteiger partial charge in [0.1, 0.15) is 5.75 Å². The van der Waals surface area contributed by atoms with Crippen LogP contribution in [0.4, 0.5) is 0 Å². The van der Waals surface area contributed by atoms with Gasteiger partial charge in [0.2, 0.25) is 0 Å². The lowest BCUT2D eigenvalue weighted by Gasteiger charge is -2.16. The fourth-order valence-corrected chi connectivity index (χ4v) is 1.91. The second-order valence-corrected chi connectivity index (χ2v) is 4.57. The number of benzene rings is 1. The molecule has 1 aromatic carbocycles. The highest BCUT2D eigenvalue weighted by atomic mass is 35.5. The summed E-state index contributed by atoms with van der Waals surface area (Å²) in [4.78, 5) is 13.5. The van der Waals surface area contributed by atoms with Crippen LogP contribution in [0.5, 0.6) is 5.75 Å². The molecule has 1 saturated heterocycles. The van der Waals surface area contributed by atoms with Gasteiger partial charge in [-0.2, -0.15) is 0 Å². The minimum atomic E-state index is -0.0205. The number of rotatable bonds is 3. The van der Waals surface area contributed by atoms with Gasteiger partial charge >= 0.3 is 0 Å². The number of ether oxygens (including phenoxy) is 1. The van der Waals surface area contributed by atoms with Crippen molar-refractivity contribution in [1.82, 2.24) is 4.90 Å². The molecule has 2 N–H and O–H groups in total. The number of likely N-dealkylation sites (tertiary alicyclic amines) is 1. The van der Waals surface area contributed by atoms with Gasteiger partial charge in [0, 0.05) is 24.2 Å². The summed E-state index contributed by atoms with van der Waals surface area (Å²) in [7, 11) is 0. The van der Waals surface area contributed by atoms with Gasteiger partial charge in [-0.1, -0.05) is 11.6 Å². The third-order valence-corrected chi connectivity index (χ3v) is 3.01. The summed E-state index contributed by atoms with van der Waals surface area (Å²) in [6.07, 6.45) is 0.868. The van der Waals surface area contributed by atoms with Gasteiger partial charge in [-0.15, -0.1) is 12.4 Å². The number of hydrogen-bond acceptors (Lipinski definition) is 3. The van der Waals surface area contributed by atoms with Crippen molar-refractivity contribution in [3.05, 3.63) is 29.3 Å². The molecular formula is C12H16Cl2N2O2. The van der Waals surface area contributed by atoms with Crippen molar-refractivity contribution in [2.75, 3.05) is 19.7 Å². The second kappa shape index (κ2) is 6.83. The zero-order valence-electron chi connectivity index (χ0n) is 9.84. The van der Waals surface area contributed by atoms with Crippen molar-refractivity contribution in [1.29, 1.82) is 0 Å². The topological polar surface area (TPSA) is 55.6 Å². The van der Waals surface area contributed by atoms with Crippen molar-refractivity contribution >= 4 is 29.9 Å². The molecule has 1 amide bonds. The summed E-state index contributed by atoms with van der Waals surface area (Å²) in [5, 5.41) is 0.647. The van der Waals surface area contributed by atoms with Crippen LogP contribution in [0.2, 0.25) is 5.02 Å². The molecular weight excluding hydrogens is 275 g/mol. The van der Waals surface area contributed by atoms with Gasteiger partial charge in [-0.3, -0.25) is 4.79 Å². The fraction of sp³-hybridized carbons (Fsp3) is 0.417. The molecule has 1 unspecified atom stereocenters. The zero-order valence-corrected chi connectivity index (χ0v) is 11.4. The predicted molar refractivity (Wildman–Crippen MR) is 73.4 cm³/mol. The third-order valence-electron chi connectivity index (χ3n) is 2.75. The summed E-state index contributed by atoms with van der Waals surface area (Å²) in [6.45, 7) is 1.40. The number of carbonyl (C=O) groups excluding carboxylic acids is 1. The number of halogens is 2. The monoisotopic (exact) mass is 290 g/mol. The van der Waals surface area contributed by atoms with Crippen LogP contribution in [0.25, 0.3) is 0 Å². The van der Waals surface area contributed by atoms with E-state index in [2.05, 4.69) is 0 Å². The number of hydrogen-bond donors (Lipinski definition) is 1. The number of amides is 1. The van der Waals surface area contributed by atoms with E-state index in [9.17, 15) is 4.79 Å². The Kier molecular flexibility index (Phi) is 5.72. The first kappa shape index (κ1) is 15.1. The lowest BCUT2D eigenvalue weighted by Crippen LogP contribution is -2.35. The standard InChI is InChI=1S/C12H15ClN2O2.ClH/c13-9-1-3-11(4-2-9)17-8-12(16)15-6-5-10(14)7-15;/h1-4,10H,5-8,14H2;1H. The van der Waals surface area contributed by atoms with Crippen LogP contribution in [-0.4, -0.2) is 36.5 Å². The summed E-state index contributed by atoms with van der Waals surface area (Å²) in [5.74, 6) is 0.624. The first-order valence-corrected chi connectivity index (χ1v) is 5.94. The van der Waals surface area contributed by atoms with Crippen LogP contribution < -0.4 is 10.5 Å². The number of carbonyl (C=O) groups is 1. The van der Waals surface area contributed by atoms with Crippen molar-refractivity contribution in [2.45, 2.75) is 12.5 Å². The molecule has 100 valence electrons. The van der Waals surface area contributed by atoms with E-state index < -0.39 is 0 Å². The zero-order chi connectivity index (χ0) is 12.3. The average molecular weight is 291 g/mol. The van der Waals surface area contributed by atoms with Crippen LogP contribution in [0, 0.1) is 0 Å².